The Balaban J connectivity index is 0.00000264. The largest absolute Gasteiger partial charge is 0.324 e. The highest BCUT2D eigenvalue weighted by molar-refractivity contribution is 7.89. The zero-order valence-electron chi connectivity index (χ0n) is 13.1. The topological polar surface area (TPSA) is 66.6 Å². The number of rotatable bonds is 4. The van der Waals surface area contributed by atoms with Crippen LogP contribution < -0.4 is 5.73 Å². The average molecular weight is 370 g/mol. The van der Waals surface area contributed by atoms with Gasteiger partial charge in [0.1, 0.15) is 11.6 Å². The van der Waals surface area contributed by atoms with Crippen molar-refractivity contribution in [2.75, 3.05) is 32.7 Å². The molecule has 5 nitrogen and oxygen atoms in total. The van der Waals surface area contributed by atoms with Crippen molar-refractivity contribution in [2.24, 2.45) is 5.73 Å². The lowest BCUT2D eigenvalue weighted by atomic mass is 10.1. The number of nitrogens with zero attached hydrogens (tertiary/aromatic N) is 2. The summed E-state index contributed by atoms with van der Waals surface area (Å²) in [5.74, 6) is -2.13. The lowest BCUT2D eigenvalue weighted by Crippen LogP contribution is -2.54. The molecule has 1 aromatic carbocycles. The van der Waals surface area contributed by atoms with Gasteiger partial charge in [-0.05, 0) is 26.0 Å². The van der Waals surface area contributed by atoms with Crippen molar-refractivity contribution in [2.45, 2.75) is 24.3 Å². The summed E-state index contributed by atoms with van der Waals surface area (Å²) in [6.07, 6.45) is 0. The first-order chi connectivity index (χ1) is 10.1. The molecule has 1 saturated heterocycles. The molecule has 1 fully saturated rings. The van der Waals surface area contributed by atoms with E-state index < -0.39 is 26.6 Å². The summed E-state index contributed by atoms with van der Waals surface area (Å²) in [5.41, 5.74) is 5.57. The third kappa shape index (κ3) is 4.84. The molecule has 0 saturated carbocycles. The quantitative estimate of drug-likeness (QED) is 0.872. The van der Waals surface area contributed by atoms with Crippen molar-refractivity contribution in [1.82, 2.24) is 9.21 Å². The van der Waals surface area contributed by atoms with Crippen LogP contribution in [-0.4, -0.2) is 55.9 Å². The van der Waals surface area contributed by atoms with Crippen LogP contribution in [0.25, 0.3) is 0 Å². The van der Waals surface area contributed by atoms with E-state index in [1.54, 1.807) is 0 Å². The van der Waals surface area contributed by atoms with Gasteiger partial charge in [0.15, 0.2) is 4.90 Å². The summed E-state index contributed by atoms with van der Waals surface area (Å²) in [7, 11) is -4.17. The minimum absolute atomic E-state index is 0. The maximum absolute atomic E-state index is 13.7. The zero-order chi connectivity index (χ0) is 16.5. The Labute approximate surface area is 141 Å². The minimum atomic E-state index is -4.17. The molecule has 0 amide bonds. The van der Waals surface area contributed by atoms with Crippen LogP contribution in [0.15, 0.2) is 23.1 Å². The molecular formula is C14H22ClF2N3O2S. The molecule has 1 aromatic rings. The number of halogens is 3. The second-order valence-corrected chi connectivity index (χ2v) is 8.09. The van der Waals surface area contributed by atoms with Gasteiger partial charge in [-0.3, -0.25) is 4.90 Å². The molecule has 0 bridgehead atoms. The number of piperazine rings is 1. The molecule has 2 N–H and O–H groups in total. The van der Waals surface area contributed by atoms with E-state index in [-0.39, 0.29) is 31.0 Å². The summed E-state index contributed by atoms with van der Waals surface area (Å²) in [6, 6.07) is 3.04. The highest BCUT2D eigenvalue weighted by Gasteiger charge is 2.33. The van der Waals surface area contributed by atoms with Crippen molar-refractivity contribution >= 4 is 22.4 Å². The molecule has 2 rings (SSSR count). The first-order valence-corrected chi connectivity index (χ1v) is 8.51. The molecular weight excluding hydrogens is 348 g/mol. The Morgan fingerprint density at radius 1 is 1.13 bits per heavy atom. The van der Waals surface area contributed by atoms with Crippen LogP contribution in [0.1, 0.15) is 13.8 Å². The van der Waals surface area contributed by atoms with Crippen molar-refractivity contribution in [3.63, 3.8) is 0 Å². The summed E-state index contributed by atoms with van der Waals surface area (Å²) < 4.78 is 53.4. The monoisotopic (exact) mass is 369 g/mol. The van der Waals surface area contributed by atoms with E-state index >= 15 is 0 Å². The second-order valence-electron chi connectivity index (χ2n) is 6.22. The molecule has 1 aliphatic heterocycles. The van der Waals surface area contributed by atoms with Gasteiger partial charge in [-0.15, -0.1) is 12.4 Å². The Bertz CT molecular complexity index is 622. The maximum atomic E-state index is 13.7. The third-order valence-corrected chi connectivity index (χ3v) is 5.43. The first-order valence-electron chi connectivity index (χ1n) is 7.07. The van der Waals surface area contributed by atoms with Crippen LogP contribution in [0.4, 0.5) is 8.78 Å². The highest BCUT2D eigenvalue weighted by Crippen LogP contribution is 2.23. The molecule has 0 spiro atoms. The number of sulfonamides is 1. The molecule has 1 aliphatic rings. The number of benzene rings is 1. The van der Waals surface area contributed by atoms with E-state index in [0.29, 0.717) is 19.6 Å². The van der Waals surface area contributed by atoms with E-state index in [4.69, 9.17) is 5.73 Å². The van der Waals surface area contributed by atoms with Gasteiger partial charge < -0.3 is 5.73 Å². The Kier molecular flexibility index (Phi) is 6.51. The fourth-order valence-corrected chi connectivity index (χ4v) is 4.09. The van der Waals surface area contributed by atoms with Gasteiger partial charge in [-0.2, -0.15) is 4.31 Å². The molecule has 0 aliphatic carbocycles. The second kappa shape index (κ2) is 7.40. The Morgan fingerprint density at radius 3 is 2.04 bits per heavy atom. The predicted octanol–water partition coefficient (Wildman–Crippen LogP) is 1.43. The normalized spacial score (nSPS) is 17.8. The summed E-state index contributed by atoms with van der Waals surface area (Å²) in [4.78, 5) is 1.17. The highest BCUT2D eigenvalue weighted by atomic mass is 35.5. The lowest BCUT2D eigenvalue weighted by Gasteiger charge is -2.37. The van der Waals surface area contributed by atoms with Crippen molar-refractivity contribution in [3.05, 3.63) is 29.8 Å². The van der Waals surface area contributed by atoms with Gasteiger partial charge in [0.2, 0.25) is 10.0 Å². The van der Waals surface area contributed by atoms with E-state index in [2.05, 4.69) is 0 Å². The smallest absolute Gasteiger partial charge is 0.249 e. The molecule has 0 radical (unpaired) electrons. The fourth-order valence-electron chi connectivity index (χ4n) is 2.56. The molecule has 0 aromatic heterocycles. The predicted molar refractivity (Wildman–Crippen MR) is 87.1 cm³/mol. The van der Waals surface area contributed by atoms with Gasteiger partial charge in [0.25, 0.3) is 0 Å². The van der Waals surface area contributed by atoms with Crippen LogP contribution in [-0.2, 0) is 10.0 Å². The van der Waals surface area contributed by atoms with Crippen LogP contribution >= 0.6 is 12.4 Å². The molecule has 9 heteroatoms. The van der Waals surface area contributed by atoms with E-state index in [0.717, 1.165) is 22.5 Å². The van der Waals surface area contributed by atoms with Crippen LogP contribution in [0.5, 0.6) is 0 Å². The molecule has 0 atom stereocenters. The number of hydrogen-bond acceptors (Lipinski definition) is 4. The summed E-state index contributed by atoms with van der Waals surface area (Å²) in [6.45, 7) is 5.76. The molecule has 1 heterocycles. The summed E-state index contributed by atoms with van der Waals surface area (Å²) >= 11 is 0. The minimum Gasteiger partial charge on any atom is -0.324 e. The lowest BCUT2D eigenvalue weighted by molar-refractivity contribution is 0.162. The van der Waals surface area contributed by atoms with Crippen molar-refractivity contribution in [1.29, 1.82) is 0 Å². The van der Waals surface area contributed by atoms with Crippen molar-refractivity contribution in [3.8, 4) is 0 Å². The summed E-state index contributed by atoms with van der Waals surface area (Å²) in [5, 5.41) is 0. The SMILES string of the molecule is CC(C)(N)CN1CCN(S(=O)(=O)c2c(F)cccc2F)CC1.Cl. The number of nitrogens with two attached hydrogens (primary N) is 1. The van der Waals surface area contributed by atoms with Crippen molar-refractivity contribution < 1.29 is 17.2 Å². The van der Waals surface area contributed by atoms with Crippen LogP contribution in [0, 0.1) is 11.6 Å². The third-order valence-electron chi connectivity index (χ3n) is 3.48. The van der Waals surface area contributed by atoms with E-state index in [1.807, 2.05) is 18.7 Å². The van der Waals surface area contributed by atoms with E-state index in [9.17, 15) is 17.2 Å². The van der Waals surface area contributed by atoms with Gasteiger partial charge in [-0.1, -0.05) is 6.07 Å². The Morgan fingerprint density at radius 2 is 1.61 bits per heavy atom. The van der Waals surface area contributed by atoms with Crippen LogP contribution in [0.3, 0.4) is 0 Å². The average Bonchev–Trinajstić information content (AvgIpc) is 2.36. The van der Waals surface area contributed by atoms with E-state index in [1.165, 1.54) is 0 Å². The first kappa shape index (κ1) is 20.2. The fraction of sp³-hybridized carbons (Fsp3) is 0.571. The molecule has 0 unspecified atom stereocenters. The van der Waals surface area contributed by atoms with Gasteiger partial charge >= 0.3 is 0 Å². The maximum Gasteiger partial charge on any atom is 0.249 e. The van der Waals surface area contributed by atoms with Gasteiger partial charge in [-0.25, -0.2) is 17.2 Å². The van der Waals surface area contributed by atoms with Gasteiger partial charge in [0, 0.05) is 38.3 Å². The standard InChI is InChI=1S/C14H21F2N3O2S.ClH/c1-14(2,17)10-18-6-8-19(9-7-18)22(20,21)13-11(15)4-3-5-12(13)16;/h3-5H,6-10,17H2,1-2H3;1H. The Hall–Kier alpha value is -0.800. The zero-order valence-corrected chi connectivity index (χ0v) is 14.8. The molecule has 132 valence electrons. The molecule has 23 heavy (non-hydrogen) atoms. The number of hydrogen-bond donors (Lipinski definition) is 1. The van der Waals surface area contributed by atoms with Crippen LogP contribution in [0.2, 0.25) is 0 Å². The van der Waals surface area contributed by atoms with Gasteiger partial charge in [0.05, 0.1) is 0 Å².